The maximum Gasteiger partial charge on any atom is 0.291 e. The van der Waals surface area contributed by atoms with Crippen LogP contribution in [0.5, 0.6) is 5.75 Å². The van der Waals surface area contributed by atoms with Gasteiger partial charge in [0.15, 0.2) is 5.76 Å². The second-order valence-corrected chi connectivity index (χ2v) is 6.25. The smallest absolute Gasteiger partial charge is 0.291 e. The first-order valence-corrected chi connectivity index (χ1v) is 9.02. The first-order chi connectivity index (χ1) is 13.6. The Morgan fingerprint density at radius 2 is 1.86 bits per heavy atom. The van der Waals surface area contributed by atoms with Crippen LogP contribution in [-0.2, 0) is 0 Å². The zero-order valence-corrected chi connectivity index (χ0v) is 15.6. The van der Waals surface area contributed by atoms with Crippen LogP contribution in [0.1, 0.15) is 27.3 Å². The SMILES string of the molecule is CN(CCCOc1ccccc1)C(=O)c1cccc(NC(=O)c2ccco2)c1. The molecule has 0 saturated carbocycles. The number of hydrogen-bond donors (Lipinski definition) is 1. The third-order valence-electron chi connectivity index (χ3n) is 4.11. The molecule has 1 aromatic heterocycles. The van der Waals surface area contributed by atoms with E-state index < -0.39 is 0 Å². The van der Waals surface area contributed by atoms with Gasteiger partial charge < -0.3 is 19.4 Å². The average Bonchev–Trinajstić information content (AvgIpc) is 3.26. The second kappa shape index (κ2) is 9.41. The van der Waals surface area contributed by atoms with Gasteiger partial charge >= 0.3 is 0 Å². The number of rotatable bonds is 8. The molecule has 0 saturated heterocycles. The predicted molar refractivity (Wildman–Crippen MR) is 107 cm³/mol. The minimum Gasteiger partial charge on any atom is -0.494 e. The van der Waals surface area contributed by atoms with E-state index in [9.17, 15) is 9.59 Å². The standard InChI is InChI=1S/C22H22N2O4/c1-24(13-7-15-27-19-10-3-2-4-11-19)22(26)17-8-5-9-18(16-17)23-21(25)20-12-6-14-28-20/h2-6,8-12,14,16H,7,13,15H2,1H3,(H,23,25). The van der Waals surface area contributed by atoms with Crippen molar-refractivity contribution >= 4 is 17.5 Å². The van der Waals surface area contributed by atoms with Crippen molar-refractivity contribution in [2.24, 2.45) is 0 Å². The van der Waals surface area contributed by atoms with Crippen molar-refractivity contribution in [3.63, 3.8) is 0 Å². The van der Waals surface area contributed by atoms with E-state index >= 15 is 0 Å². The summed E-state index contributed by atoms with van der Waals surface area (Å²) in [6.45, 7) is 1.09. The molecule has 28 heavy (non-hydrogen) atoms. The summed E-state index contributed by atoms with van der Waals surface area (Å²) in [5.41, 5.74) is 1.04. The first-order valence-electron chi connectivity index (χ1n) is 9.02. The third kappa shape index (κ3) is 5.23. The largest absolute Gasteiger partial charge is 0.494 e. The molecule has 6 nitrogen and oxygen atoms in total. The fraction of sp³-hybridized carbons (Fsp3) is 0.182. The lowest BCUT2D eigenvalue weighted by Gasteiger charge is -2.18. The molecular weight excluding hydrogens is 356 g/mol. The van der Waals surface area contributed by atoms with Gasteiger partial charge in [0.25, 0.3) is 11.8 Å². The van der Waals surface area contributed by atoms with Crippen LogP contribution in [-0.4, -0.2) is 36.9 Å². The molecule has 3 aromatic rings. The topological polar surface area (TPSA) is 71.8 Å². The van der Waals surface area contributed by atoms with Gasteiger partial charge in [-0.15, -0.1) is 0 Å². The Bertz CT molecular complexity index is 907. The van der Waals surface area contributed by atoms with E-state index in [1.54, 1.807) is 48.3 Å². The summed E-state index contributed by atoms with van der Waals surface area (Å²) in [4.78, 5) is 26.3. The number of furan rings is 1. The molecule has 0 unspecified atom stereocenters. The van der Waals surface area contributed by atoms with Gasteiger partial charge in [0.05, 0.1) is 12.9 Å². The lowest BCUT2D eigenvalue weighted by atomic mass is 10.1. The Balaban J connectivity index is 1.51. The van der Waals surface area contributed by atoms with E-state index in [-0.39, 0.29) is 17.6 Å². The highest BCUT2D eigenvalue weighted by Crippen LogP contribution is 2.14. The van der Waals surface area contributed by atoms with Crippen LogP contribution in [0.25, 0.3) is 0 Å². The molecule has 0 radical (unpaired) electrons. The summed E-state index contributed by atoms with van der Waals surface area (Å²) in [5, 5.41) is 2.73. The quantitative estimate of drug-likeness (QED) is 0.600. The number of benzene rings is 2. The molecule has 144 valence electrons. The van der Waals surface area contributed by atoms with Gasteiger partial charge in [0.1, 0.15) is 5.75 Å². The van der Waals surface area contributed by atoms with Gasteiger partial charge in [-0.2, -0.15) is 0 Å². The highest BCUT2D eigenvalue weighted by Gasteiger charge is 2.14. The van der Waals surface area contributed by atoms with E-state index in [0.29, 0.717) is 30.8 Å². The number of amides is 2. The molecule has 1 heterocycles. The van der Waals surface area contributed by atoms with Crippen LogP contribution < -0.4 is 10.1 Å². The fourth-order valence-electron chi connectivity index (χ4n) is 2.66. The Kier molecular flexibility index (Phi) is 6.46. The van der Waals surface area contributed by atoms with Crippen molar-refractivity contribution in [2.45, 2.75) is 6.42 Å². The van der Waals surface area contributed by atoms with Crippen LogP contribution in [0.15, 0.2) is 77.4 Å². The lowest BCUT2D eigenvalue weighted by Crippen LogP contribution is -2.28. The minimum absolute atomic E-state index is 0.117. The zero-order valence-electron chi connectivity index (χ0n) is 15.6. The molecular formula is C22H22N2O4. The van der Waals surface area contributed by atoms with Crippen LogP contribution in [0.3, 0.4) is 0 Å². The molecule has 1 N–H and O–H groups in total. The van der Waals surface area contributed by atoms with Crippen LogP contribution in [0.4, 0.5) is 5.69 Å². The van der Waals surface area contributed by atoms with E-state index in [4.69, 9.17) is 9.15 Å². The van der Waals surface area contributed by atoms with E-state index in [0.717, 1.165) is 5.75 Å². The van der Waals surface area contributed by atoms with Crippen molar-refractivity contribution < 1.29 is 18.7 Å². The summed E-state index contributed by atoms with van der Waals surface area (Å²) < 4.78 is 10.7. The molecule has 0 atom stereocenters. The van der Waals surface area contributed by atoms with E-state index in [1.807, 2.05) is 30.3 Å². The normalized spacial score (nSPS) is 10.3. The van der Waals surface area contributed by atoms with Gasteiger partial charge in [0.2, 0.25) is 0 Å². The molecule has 6 heteroatoms. The first kappa shape index (κ1) is 19.2. The Hall–Kier alpha value is -3.54. The molecule has 2 amide bonds. The summed E-state index contributed by atoms with van der Waals surface area (Å²) in [7, 11) is 1.75. The van der Waals surface area contributed by atoms with Crippen molar-refractivity contribution in [3.05, 3.63) is 84.3 Å². The summed E-state index contributed by atoms with van der Waals surface area (Å²) in [6, 6.07) is 19.6. The maximum absolute atomic E-state index is 12.6. The summed E-state index contributed by atoms with van der Waals surface area (Å²) in [6.07, 6.45) is 2.15. The minimum atomic E-state index is -0.360. The highest BCUT2D eigenvalue weighted by atomic mass is 16.5. The van der Waals surface area contributed by atoms with Crippen LogP contribution in [0, 0.1) is 0 Å². The zero-order chi connectivity index (χ0) is 19.8. The van der Waals surface area contributed by atoms with E-state index in [1.165, 1.54) is 6.26 Å². The van der Waals surface area contributed by atoms with E-state index in [2.05, 4.69) is 5.32 Å². The molecule has 3 rings (SSSR count). The maximum atomic E-state index is 12.6. The van der Waals surface area contributed by atoms with Crippen molar-refractivity contribution in [3.8, 4) is 5.75 Å². The fourth-order valence-corrected chi connectivity index (χ4v) is 2.66. The van der Waals surface area contributed by atoms with Crippen molar-refractivity contribution in [1.82, 2.24) is 4.90 Å². The molecule has 0 aliphatic rings. The highest BCUT2D eigenvalue weighted by molar-refractivity contribution is 6.03. The van der Waals surface area contributed by atoms with Crippen LogP contribution >= 0.6 is 0 Å². The number of anilines is 1. The Morgan fingerprint density at radius 3 is 2.61 bits per heavy atom. The number of para-hydroxylation sites is 1. The van der Waals surface area contributed by atoms with Gasteiger partial charge in [-0.1, -0.05) is 24.3 Å². The summed E-state index contributed by atoms with van der Waals surface area (Å²) >= 11 is 0. The number of carbonyl (C=O) groups excluding carboxylic acids is 2. The number of nitrogens with zero attached hydrogens (tertiary/aromatic N) is 1. The molecule has 2 aromatic carbocycles. The number of ether oxygens (including phenoxy) is 1. The Labute approximate surface area is 163 Å². The number of carbonyl (C=O) groups is 2. The van der Waals surface area contributed by atoms with Crippen LogP contribution in [0.2, 0.25) is 0 Å². The van der Waals surface area contributed by atoms with Gasteiger partial charge in [0, 0.05) is 24.8 Å². The Morgan fingerprint density at radius 1 is 1.04 bits per heavy atom. The second-order valence-electron chi connectivity index (χ2n) is 6.25. The lowest BCUT2D eigenvalue weighted by molar-refractivity contribution is 0.0787. The molecule has 0 fully saturated rings. The molecule has 0 spiro atoms. The predicted octanol–water partition coefficient (Wildman–Crippen LogP) is 4.07. The molecule has 0 bridgehead atoms. The molecule has 0 aliphatic carbocycles. The summed E-state index contributed by atoms with van der Waals surface area (Å²) in [5.74, 6) is 0.554. The van der Waals surface area contributed by atoms with Gasteiger partial charge in [-0.05, 0) is 48.9 Å². The monoisotopic (exact) mass is 378 g/mol. The van der Waals surface area contributed by atoms with Crippen molar-refractivity contribution in [1.29, 1.82) is 0 Å². The van der Waals surface area contributed by atoms with Gasteiger partial charge in [-0.3, -0.25) is 9.59 Å². The number of nitrogens with one attached hydrogen (secondary N) is 1. The van der Waals surface area contributed by atoms with Gasteiger partial charge in [-0.25, -0.2) is 0 Å². The average molecular weight is 378 g/mol. The third-order valence-corrected chi connectivity index (χ3v) is 4.11. The molecule has 0 aliphatic heterocycles. The van der Waals surface area contributed by atoms with Crippen molar-refractivity contribution in [2.75, 3.05) is 25.5 Å². The number of hydrogen-bond acceptors (Lipinski definition) is 4.